The fraction of sp³-hybridized carbons (Fsp3) is 0.773. The van der Waals surface area contributed by atoms with Crippen molar-refractivity contribution < 1.29 is 24.3 Å². The van der Waals surface area contributed by atoms with Gasteiger partial charge in [0.25, 0.3) is 0 Å². The SMILES string of the molecule is CCC(C)C(N)C(=O)NC(CCCN=C(N)N)C(=O)NC(CCSC)C(=O)NC(CCSC)C(=O)O. The average molecular weight is 550 g/mol. The summed E-state index contributed by atoms with van der Waals surface area (Å²) in [7, 11) is 0. The Morgan fingerprint density at radius 1 is 0.861 bits per heavy atom. The number of carbonyl (C=O) groups is 4. The summed E-state index contributed by atoms with van der Waals surface area (Å²) in [6.45, 7) is 4.01. The Morgan fingerprint density at radius 3 is 1.81 bits per heavy atom. The summed E-state index contributed by atoms with van der Waals surface area (Å²) in [4.78, 5) is 54.2. The zero-order chi connectivity index (χ0) is 27.7. The van der Waals surface area contributed by atoms with Crippen molar-refractivity contribution >= 4 is 53.2 Å². The van der Waals surface area contributed by atoms with Crippen molar-refractivity contribution in [1.82, 2.24) is 16.0 Å². The lowest BCUT2D eigenvalue weighted by molar-refractivity contribution is -0.142. The van der Waals surface area contributed by atoms with Crippen molar-refractivity contribution in [2.75, 3.05) is 30.6 Å². The normalized spacial score (nSPS) is 15.0. The first-order valence-electron chi connectivity index (χ1n) is 11.9. The van der Waals surface area contributed by atoms with Crippen molar-refractivity contribution in [3.05, 3.63) is 0 Å². The number of aliphatic imine (C=N–C) groups is 1. The Bertz CT molecular complexity index is 738. The van der Waals surface area contributed by atoms with Crippen LogP contribution in [0.1, 0.15) is 46.0 Å². The maximum Gasteiger partial charge on any atom is 0.326 e. The lowest BCUT2D eigenvalue weighted by atomic mass is 9.98. The molecule has 0 aromatic carbocycles. The largest absolute Gasteiger partial charge is 0.480 e. The van der Waals surface area contributed by atoms with Gasteiger partial charge in [-0.2, -0.15) is 23.5 Å². The summed E-state index contributed by atoms with van der Waals surface area (Å²) < 4.78 is 0. The number of nitrogens with two attached hydrogens (primary N) is 3. The number of hydrogen-bond donors (Lipinski definition) is 7. The molecule has 0 heterocycles. The Hall–Kier alpha value is -2.19. The monoisotopic (exact) mass is 549 g/mol. The molecule has 0 saturated carbocycles. The molecule has 12 nitrogen and oxygen atoms in total. The molecule has 0 aliphatic heterocycles. The number of carbonyl (C=O) groups excluding carboxylic acids is 3. The molecule has 0 fully saturated rings. The summed E-state index contributed by atoms with van der Waals surface area (Å²) in [5.41, 5.74) is 16.7. The molecule has 0 spiro atoms. The van der Waals surface area contributed by atoms with E-state index in [1.54, 1.807) is 0 Å². The maximum atomic E-state index is 13.2. The van der Waals surface area contributed by atoms with Gasteiger partial charge in [0.1, 0.15) is 18.1 Å². The van der Waals surface area contributed by atoms with Crippen LogP contribution in [0.25, 0.3) is 0 Å². The van der Waals surface area contributed by atoms with Gasteiger partial charge in [0.15, 0.2) is 5.96 Å². The smallest absolute Gasteiger partial charge is 0.326 e. The summed E-state index contributed by atoms with van der Waals surface area (Å²) in [6.07, 6.45) is 5.54. The van der Waals surface area contributed by atoms with Gasteiger partial charge in [-0.3, -0.25) is 19.4 Å². The number of amides is 3. The zero-order valence-corrected chi connectivity index (χ0v) is 23.3. The molecule has 10 N–H and O–H groups in total. The van der Waals surface area contributed by atoms with E-state index in [0.717, 1.165) is 0 Å². The summed E-state index contributed by atoms with van der Waals surface area (Å²) in [5, 5.41) is 17.3. The minimum Gasteiger partial charge on any atom is -0.480 e. The van der Waals surface area contributed by atoms with Crippen LogP contribution in [0.3, 0.4) is 0 Å². The second-order valence-corrected chi connectivity index (χ2v) is 10.4. The molecule has 36 heavy (non-hydrogen) atoms. The number of carboxylic acids is 1. The van der Waals surface area contributed by atoms with Gasteiger partial charge in [0.05, 0.1) is 6.04 Å². The van der Waals surface area contributed by atoms with Gasteiger partial charge >= 0.3 is 5.97 Å². The average Bonchev–Trinajstić information content (AvgIpc) is 2.84. The Balaban J connectivity index is 5.57. The van der Waals surface area contributed by atoms with E-state index in [9.17, 15) is 24.3 Å². The van der Waals surface area contributed by atoms with Gasteiger partial charge in [0.2, 0.25) is 17.7 Å². The van der Waals surface area contributed by atoms with Crippen LogP contribution in [0, 0.1) is 5.92 Å². The molecule has 0 saturated heterocycles. The van der Waals surface area contributed by atoms with Crippen LogP contribution in [0.15, 0.2) is 4.99 Å². The second kappa shape index (κ2) is 19.0. The van der Waals surface area contributed by atoms with E-state index >= 15 is 0 Å². The van der Waals surface area contributed by atoms with E-state index < -0.39 is 47.9 Å². The third kappa shape index (κ3) is 13.8. The molecular formula is C22H43N7O5S2. The molecule has 0 rings (SSSR count). The molecule has 208 valence electrons. The van der Waals surface area contributed by atoms with Gasteiger partial charge in [-0.1, -0.05) is 20.3 Å². The Labute approximate surface area is 222 Å². The van der Waals surface area contributed by atoms with E-state index in [-0.39, 0.29) is 37.7 Å². The molecule has 0 radical (unpaired) electrons. The number of carboxylic acid groups (broad SMARTS) is 1. The molecule has 0 aromatic rings. The molecular weight excluding hydrogens is 506 g/mol. The van der Waals surface area contributed by atoms with Crippen LogP contribution in [-0.2, 0) is 19.2 Å². The maximum absolute atomic E-state index is 13.2. The van der Waals surface area contributed by atoms with Crippen molar-refractivity contribution in [3.63, 3.8) is 0 Å². The first-order valence-corrected chi connectivity index (χ1v) is 14.7. The topological polar surface area (TPSA) is 215 Å². The van der Waals surface area contributed by atoms with E-state index in [4.69, 9.17) is 17.2 Å². The Kier molecular flexibility index (Phi) is 17.8. The summed E-state index contributed by atoms with van der Waals surface area (Å²) >= 11 is 2.96. The summed E-state index contributed by atoms with van der Waals surface area (Å²) in [5.74, 6) is -1.84. The van der Waals surface area contributed by atoms with E-state index in [1.165, 1.54) is 23.5 Å². The first-order chi connectivity index (χ1) is 17.0. The number of rotatable bonds is 19. The minimum absolute atomic E-state index is 0.0814. The lowest BCUT2D eigenvalue weighted by Gasteiger charge is -2.26. The van der Waals surface area contributed by atoms with Gasteiger partial charge < -0.3 is 38.3 Å². The molecule has 0 bridgehead atoms. The molecule has 3 amide bonds. The molecule has 5 unspecified atom stereocenters. The van der Waals surface area contributed by atoms with Crippen molar-refractivity contribution in [3.8, 4) is 0 Å². The minimum atomic E-state index is -1.14. The molecule has 0 aliphatic rings. The molecule has 14 heteroatoms. The van der Waals surface area contributed by atoms with Crippen LogP contribution >= 0.6 is 23.5 Å². The van der Waals surface area contributed by atoms with Gasteiger partial charge in [-0.05, 0) is 55.6 Å². The number of nitrogens with zero attached hydrogens (tertiary/aromatic N) is 1. The quantitative estimate of drug-likeness (QED) is 0.0620. The van der Waals surface area contributed by atoms with E-state index in [2.05, 4.69) is 20.9 Å². The number of thioether (sulfide) groups is 2. The fourth-order valence-corrected chi connectivity index (χ4v) is 4.04. The van der Waals surface area contributed by atoms with Gasteiger partial charge in [0, 0.05) is 6.54 Å². The molecule has 5 atom stereocenters. The second-order valence-electron chi connectivity index (χ2n) is 8.44. The van der Waals surface area contributed by atoms with Crippen LogP contribution in [-0.4, -0.2) is 89.5 Å². The highest BCUT2D eigenvalue weighted by Gasteiger charge is 2.30. The van der Waals surface area contributed by atoms with Gasteiger partial charge in [-0.15, -0.1) is 0 Å². The van der Waals surface area contributed by atoms with Crippen LogP contribution in [0.2, 0.25) is 0 Å². The highest BCUT2D eigenvalue weighted by atomic mass is 32.2. The van der Waals surface area contributed by atoms with Crippen LogP contribution in [0.4, 0.5) is 0 Å². The number of hydrogen-bond acceptors (Lipinski definition) is 8. The van der Waals surface area contributed by atoms with Crippen molar-refractivity contribution in [2.45, 2.75) is 70.1 Å². The standard InChI is InChI=1S/C22H43N7O5S2/c1-5-13(2)17(23)20(32)28-14(7-6-10-26-22(24)25)18(30)27-15(8-11-35-3)19(31)29-16(21(33)34)9-12-36-4/h13-17H,5-12,23H2,1-4H3,(H,27,30)(H,28,32)(H,29,31)(H,33,34)(H4,24,25,26). The Morgan fingerprint density at radius 2 is 1.33 bits per heavy atom. The zero-order valence-electron chi connectivity index (χ0n) is 21.6. The van der Waals surface area contributed by atoms with E-state index in [1.807, 2.05) is 26.4 Å². The predicted octanol–water partition coefficient (Wildman–Crippen LogP) is -0.541. The molecule has 0 aliphatic carbocycles. The summed E-state index contributed by atoms with van der Waals surface area (Å²) in [6, 6.07) is -3.81. The lowest BCUT2D eigenvalue weighted by Crippen LogP contribution is -2.57. The predicted molar refractivity (Wildman–Crippen MR) is 147 cm³/mol. The highest BCUT2D eigenvalue weighted by Crippen LogP contribution is 2.09. The highest BCUT2D eigenvalue weighted by molar-refractivity contribution is 7.98. The first kappa shape index (κ1) is 33.8. The van der Waals surface area contributed by atoms with Crippen molar-refractivity contribution in [1.29, 1.82) is 0 Å². The fourth-order valence-electron chi connectivity index (χ4n) is 3.09. The number of aliphatic carboxylic acids is 1. The number of guanidine groups is 1. The van der Waals surface area contributed by atoms with Crippen LogP contribution < -0.4 is 33.2 Å². The number of nitrogens with one attached hydrogen (secondary N) is 3. The van der Waals surface area contributed by atoms with Crippen molar-refractivity contribution in [2.24, 2.45) is 28.1 Å². The third-order valence-electron chi connectivity index (χ3n) is 5.61. The van der Waals surface area contributed by atoms with Crippen LogP contribution in [0.5, 0.6) is 0 Å². The third-order valence-corrected chi connectivity index (χ3v) is 6.89. The van der Waals surface area contributed by atoms with Gasteiger partial charge in [-0.25, -0.2) is 4.79 Å². The molecule has 0 aromatic heterocycles. The van der Waals surface area contributed by atoms with E-state index in [0.29, 0.717) is 24.3 Å².